The van der Waals surface area contributed by atoms with E-state index in [-0.39, 0.29) is 5.91 Å². The molecule has 0 saturated heterocycles. The minimum atomic E-state index is -0.0881. The van der Waals surface area contributed by atoms with Gasteiger partial charge >= 0.3 is 0 Å². The summed E-state index contributed by atoms with van der Waals surface area (Å²) in [6.07, 6.45) is 0.321. The Balaban J connectivity index is 2.12. The lowest BCUT2D eigenvalue weighted by molar-refractivity contribution is -0.115. The fourth-order valence-electron chi connectivity index (χ4n) is 2.21. The van der Waals surface area contributed by atoms with Crippen molar-refractivity contribution in [1.82, 2.24) is 0 Å². The maximum atomic E-state index is 12.2. The van der Waals surface area contributed by atoms with Crippen molar-refractivity contribution in [2.75, 3.05) is 19.5 Å². The average Bonchev–Trinajstić information content (AvgIpc) is 2.50. The van der Waals surface area contributed by atoms with Gasteiger partial charge in [0, 0.05) is 6.07 Å². The van der Waals surface area contributed by atoms with Gasteiger partial charge in [0.15, 0.2) is 0 Å². The number of aryl methyl sites for hydroxylation is 2. The minimum absolute atomic E-state index is 0.0881. The van der Waals surface area contributed by atoms with E-state index in [4.69, 9.17) is 9.47 Å². The van der Waals surface area contributed by atoms with Crippen LogP contribution in [0.5, 0.6) is 11.5 Å². The molecule has 0 atom stereocenters. The molecule has 0 spiro atoms. The van der Waals surface area contributed by atoms with Gasteiger partial charge in [-0.1, -0.05) is 18.2 Å². The lowest BCUT2D eigenvalue weighted by Crippen LogP contribution is -2.15. The van der Waals surface area contributed by atoms with Gasteiger partial charge in [0.05, 0.1) is 26.3 Å². The van der Waals surface area contributed by atoms with Crippen LogP contribution in [-0.4, -0.2) is 20.1 Å². The SMILES string of the molecule is COc1ccc(OC)c(NC(=O)Cc2ccc(C)c(C)c2)c1. The summed E-state index contributed by atoms with van der Waals surface area (Å²) < 4.78 is 10.4. The van der Waals surface area contributed by atoms with Crippen LogP contribution < -0.4 is 14.8 Å². The van der Waals surface area contributed by atoms with Crippen LogP contribution in [0.25, 0.3) is 0 Å². The smallest absolute Gasteiger partial charge is 0.228 e. The van der Waals surface area contributed by atoms with Crippen molar-refractivity contribution in [3.8, 4) is 11.5 Å². The van der Waals surface area contributed by atoms with Crippen LogP contribution in [0, 0.1) is 13.8 Å². The van der Waals surface area contributed by atoms with Crippen molar-refractivity contribution in [1.29, 1.82) is 0 Å². The number of rotatable bonds is 5. The van der Waals surface area contributed by atoms with Gasteiger partial charge < -0.3 is 14.8 Å². The van der Waals surface area contributed by atoms with E-state index in [1.54, 1.807) is 32.4 Å². The van der Waals surface area contributed by atoms with Crippen molar-refractivity contribution < 1.29 is 14.3 Å². The molecule has 0 unspecified atom stereocenters. The second-order valence-electron chi connectivity index (χ2n) is 5.21. The van der Waals surface area contributed by atoms with E-state index in [2.05, 4.69) is 12.2 Å². The van der Waals surface area contributed by atoms with Crippen molar-refractivity contribution in [2.45, 2.75) is 20.3 Å². The van der Waals surface area contributed by atoms with Gasteiger partial charge in [0.25, 0.3) is 0 Å². The monoisotopic (exact) mass is 299 g/mol. The van der Waals surface area contributed by atoms with Gasteiger partial charge in [0.2, 0.25) is 5.91 Å². The molecule has 1 amide bonds. The number of benzene rings is 2. The van der Waals surface area contributed by atoms with Crippen molar-refractivity contribution >= 4 is 11.6 Å². The molecule has 2 rings (SSSR count). The van der Waals surface area contributed by atoms with Crippen molar-refractivity contribution in [2.24, 2.45) is 0 Å². The number of amides is 1. The zero-order valence-electron chi connectivity index (χ0n) is 13.4. The Hall–Kier alpha value is -2.49. The molecule has 0 fully saturated rings. The number of carbonyl (C=O) groups excluding carboxylic acids is 1. The third-order valence-electron chi connectivity index (χ3n) is 3.62. The first-order chi connectivity index (χ1) is 10.5. The van der Waals surface area contributed by atoms with E-state index in [9.17, 15) is 4.79 Å². The van der Waals surface area contributed by atoms with Gasteiger partial charge in [-0.25, -0.2) is 0 Å². The lowest BCUT2D eigenvalue weighted by Gasteiger charge is -2.12. The largest absolute Gasteiger partial charge is 0.497 e. The Kier molecular flexibility index (Phi) is 5.04. The molecular weight excluding hydrogens is 278 g/mol. The third kappa shape index (κ3) is 3.79. The minimum Gasteiger partial charge on any atom is -0.497 e. The fraction of sp³-hybridized carbons (Fsp3) is 0.278. The van der Waals surface area contributed by atoms with Crippen LogP contribution in [0.1, 0.15) is 16.7 Å². The number of hydrogen-bond donors (Lipinski definition) is 1. The highest BCUT2D eigenvalue weighted by atomic mass is 16.5. The molecule has 0 saturated carbocycles. The highest BCUT2D eigenvalue weighted by Crippen LogP contribution is 2.29. The van der Waals surface area contributed by atoms with E-state index in [1.165, 1.54) is 11.1 Å². The van der Waals surface area contributed by atoms with Crippen LogP contribution in [0.3, 0.4) is 0 Å². The van der Waals surface area contributed by atoms with E-state index in [1.807, 2.05) is 25.1 Å². The predicted molar refractivity (Wildman–Crippen MR) is 87.8 cm³/mol. The molecule has 2 aromatic rings. The van der Waals surface area contributed by atoms with E-state index in [0.717, 1.165) is 5.56 Å². The molecule has 0 aliphatic rings. The average molecular weight is 299 g/mol. The summed E-state index contributed by atoms with van der Waals surface area (Å²) in [6, 6.07) is 11.4. The van der Waals surface area contributed by atoms with Crippen LogP contribution in [0.2, 0.25) is 0 Å². The molecule has 0 aliphatic heterocycles. The first kappa shape index (κ1) is 15.9. The Morgan fingerprint density at radius 3 is 2.41 bits per heavy atom. The molecule has 1 N–H and O–H groups in total. The summed E-state index contributed by atoms with van der Waals surface area (Å²) in [6.45, 7) is 4.10. The quantitative estimate of drug-likeness (QED) is 0.919. The van der Waals surface area contributed by atoms with Crippen molar-refractivity contribution in [3.05, 3.63) is 53.1 Å². The zero-order chi connectivity index (χ0) is 16.1. The second-order valence-corrected chi connectivity index (χ2v) is 5.21. The molecule has 0 aromatic heterocycles. The number of methoxy groups -OCH3 is 2. The van der Waals surface area contributed by atoms with Gasteiger partial charge in [0.1, 0.15) is 11.5 Å². The summed E-state index contributed by atoms with van der Waals surface area (Å²) >= 11 is 0. The number of ether oxygens (including phenoxy) is 2. The number of carbonyl (C=O) groups is 1. The molecule has 0 heterocycles. The molecule has 22 heavy (non-hydrogen) atoms. The first-order valence-corrected chi connectivity index (χ1v) is 7.11. The summed E-state index contributed by atoms with van der Waals surface area (Å²) in [5, 5.41) is 2.87. The van der Waals surface area contributed by atoms with E-state index < -0.39 is 0 Å². The van der Waals surface area contributed by atoms with Crippen LogP contribution in [0.4, 0.5) is 5.69 Å². The number of anilines is 1. The summed E-state index contributed by atoms with van der Waals surface area (Å²) in [5.41, 5.74) is 4.00. The van der Waals surface area contributed by atoms with Crippen LogP contribution in [0.15, 0.2) is 36.4 Å². The highest BCUT2D eigenvalue weighted by Gasteiger charge is 2.10. The Bertz CT molecular complexity index is 680. The normalized spacial score (nSPS) is 10.2. The third-order valence-corrected chi connectivity index (χ3v) is 3.62. The maximum absolute atomic E-state index is 12.2. The molecule has 4 nitrogen and oxygen atoms in total. The van der Waals surface area contributed by atoms with E-state index in [0.29, 0.717) is 23.6 Å². The zero-order valence-corrected chi connectivity index (χ0v) is 13.4. The van der Waals surface area contributed by atoms with E-state index >= 15 is 0 Å². The van der Waals surface area contributed by atoms with Gasteiger partial charge in [-0.15, -0.1) is 0 Å². The number of nitrogens with one attached hydrogen (secondary N) is 1. The van der Waals surface area contributed by atoms with Crippen LogP contribution in [-0.2, 0) is 11.2 Å². The predicted octanol–water partition coefficient (Wildman–Crippen LogP) is 3.50. The van der Waals surface area contributed by atoms with Gasteiger partial charge in [-0.05, 0) is 42.7 Å². The lowest BCUT2D eigenvalue weighted by atomic mass is 10.0. The Morgan fingerprint density at radius 2 is 1.77 bits per heavy atom. The highest BCUT2D eigenvalue weighted by molar-refractivity contribution is 5.94. The maximum Gasteiger partial charge on any atom is 0.228 e. The molecule has 4 heteroatoms. The second kappa shape index (κ2) is 6.98. The molecule has 0 bridgehead atoms. The Morgan fingerprint density at radius 1 is 1.00 bits per heavy atom. The summed E-state index contributed by atoms with van der Waals surface area (Å²) in [5.74, 6) is 1.19. The number of hydrogen-bond acceptors (Lipinski definition) is 3. The molecule has 0 radical (unpaired) electrons. The van der Waals surface area contributed by atoms with Crippen LogP contribution >= 0.6 is 0 Å². The Labute approximate surface area is 131 Å². The molecule has 116 valence electrons. The van der Waals surface area contributed by atoms with Crippen molar-refractivity contribution in [3.63, 3.8) is 0 Å². The van der Waals surface area contributed by atoms with Gasteiger partial charge in [-0.3, -0.25) is 4.79 Å². The molecule has 2 aromatic carbocycles. The standard InChI is InChI=1S/C18H21NO3/c1-12-5-6-14(9-13(12)2)10-18(20)19-16-11-15(21-3)7-8-17(16)22-4/h5-9,11H,10H2,1-4H3,(H,19,20). The summed E-state index contributed by atoms with van der Waals surface area (Å²) in [7, 11) is 3.16. The van der Waals surface area contributed by atoms with Gasteiger partial charge in [-0.2, -0.15) is 0 Å². The fourth-order valence-corrected chi connectivity index (χ4v) is 2.21. The topological polar surface area (TPSA) is 47.6 Å². The molecule has 0 aliphatic carbocycles. The summed E-state index contributed by atoms with van der Waals surface area (Å²) in [4.78, 5) is 12.2. The molecular formula is C18H21NO3. The first-order valence-electron chi connectivity index (χ1n) is 7.11.